The molecule has 1 unspecified atom stereocenters. The molecule has 0 N–H and O–H groups in total. The highest BCUT2D eigenvalue weighted by Crippen LogP contribution is 2.16. The van der Waals surface area contributed by atoms with Gasteiger partial charge in [0.1, 0.15) is 24.1 Å². The lowest BCUT2D eigenvalue weighted by Crippen LogP contribution is -2.35. The Morgan fingerprint density at radius 1 is 1.17 bits per heavy atom. The monoisotopic (exact) mass is 335 g/mol. The molecule has 0 aromatic heterocycles. The van der Waals surface area contributed by atoms with Gasteiger partial charge in [-0.3, -0.25) is 0 Å². The van der Waals surface area contributed by atoms with Crippen molar-refractivity contribution in [3.8, 4) is 0 Å². The molecule has 1 heterocycles. The highest BCUT2D eigenvalue weighted by molar-refractivity contribution is 6.10. The van der Waals surface area contributed by atoms with Crippen LogP contribution < -0.4 is 0 Å². The molecule has 5 nitrogen and oxygen atoms in total. The molecule has 1 aromatic carbocycles. The molecule has 0 saturated heterocycles. The standard InChI is InChI=1S/C18H28FN4O/c1-21(2)9-10-22(3)13-16-14-23(11-12-24-4)20-18(16)15-5-7-17(19)8-6-15/h5-8,14,16H,9-13H2,1-4H3/q+1. The van der Waals surface area contributed by atoms with E-state index in [9.17, 15) is 4.39 Å². The summed E-state index contributed by atoms with van der Waals surface area (Å²) < 4.78 is 20.3. The number of benzene rings is 1. The molecule has 0 radical (unpaired) electrons. The number of methoxy groups -OCH3 is 1. The molecule has 6 heteroatoms. The number of hydrogen-bond acceptors (Lipinski definition) is 4. The van der Waals surface area contributed by atoms with Crippen LogP contribution in [0.25, 0.3) is 0 Å². The Bertz CT molecular complexity index is 583. The highest BCUT2D eigenvalue weighted by Gasteiger charge is 2.30. The number of likely N-dealkylation sites (N-methyl/N-ethyl adjacent to an activating group) is 2. The van der Waals surface area contributed by atoms with Gasteiger partial charge < -0.3 is 14.5 Å². The number of halogens is 1. The van der Waals surface area contributed by atoms with E-state index < -0.39 is 0 Å². The normalized spacial score (nSPS) is 17.5. The summed E-state index contributed by atoms with van der Waals surface area (Å²) in [6.45, 7) is 4.23. The van der Waals surface area contributed by atoms with Crippen LogP contribution in [0.15, 0.2) is 29.4 Å². The van der Waals surface area contributed by atoms with Crippen molar-refractivity contribution in [3.63, 3.8) is 0 Å². The zero-order valence-electron chi connectivity index (χ0n) is 15.1. The van der Waals surface area contributed by atoms with E-state index >= 15 is 0 Å². The number of nitrogens with zero attached hydrogens (tertiary/aromatic N) is 4. The molecule has 132 valence electrons. The van der Waals surface area contributed by atoms with E-state index in [0.717, 1.165) is 37.5 Å². The van der Waals surface area contributed by atoms with Crippen molar-refractivity contribution < 1.29 is 13.8 Å². The van der Waals surface area contributed by atoms with E-state index in [-0.39, 0.29) is 11.7 Å². The van der Waals surface area contributed by atoms with Crippen molar-refractivity contribution in [2.75, 3.05) is 61.0 Å². The summed E-state index contributed by atoms with van der Waals surface area (Å²) in [5, 5.41) is 4.71. The van der Waals surface area contributed by atoms with Crippen LogP contribution in [0.1, 0.15) is 5.56 Å². The van der Waals surface area contributed by atoms with Crippen LogP contribution in [0.5, 0.6) is 0 Å². The third-order valence-corrected chi connectivity index (χ3v) is 4.04. The van der Waals surface area contributed by atoms with Crippen molar-refractivity contribution in [1.82, 2.24) is 9.80 Å². The number of hydrazone groups is 1. The van der Waals surface area contributed by atoms with Crippen molar-refractivity contribution in [3.05, 3.63) is 35.6 Å². The summed E-state index contributed by atoms with van der Waals surface area (Å²) in [6, 6.07) is 6.58. The second-order valence-corrected chi connectivity index (χ2v) is 6.47. The molecule has 0 amide bonds. The number of ether oxygens (including phenoxy) is 1. The first-order valence-corrected chi connectivity index (χ1v) is 8.28. The first-order valence-electron chi connectivity index (χ1n) is 8.28. The van der Waals surface area contributed by atoms with Crippen LogP contribution in [-0.2, 0) is 4.74 Å². The largest absolute Gasteiger partial charge is 0.378 e. The summed E-state index contributed by atoms with van der Waals surface area (Å²) in [4.78, 5) is 4.48. The van der Waals surface area contributed by atoms with Crippen molar-refractivity contribution in [2.45, 2.75) is 0 Å². The molecule has 1 aromatic rings. The van der Waals surface area contributed by atoms with Crippen molar-refractivity contribution in [2.24, 2.45) is 11.0 Å². The highest BCUT2D eigenvalue weighted by atomic mass is 19.1. The lowest BCUT2D eigenvalue weighted by atomic mass is 9.97. The Balaban J connectivity index is 2.10. The average molecular weight is 335 g/mol. The second kappa shape index (κ2) is 9.01. The lowest BCUT2D eigenvalue weighted by Gasteiger charge is -2.21. The fourth-order valence-electron chi connectivity index (χ4n) is 2.66. The molecule has 1 aliphatic heterocycles. The first kappa shape index (κ1) is 18.7. The SMILES string of the molecule is COCC[N+]1=CC(CN(C)CCN(C)C)C(c2ccc(F)cc2)=N1. The minimum atomic E-state index is -0.225. The van der Waals surface area contributed by atoms with Crippen molar-refractivity contribution >= 4 is 11.9 Å². The Labute approximate surface area is 144 Å². The van der Waals surface area contributed by atoms with Gasteiger partial charge in [-0.2, -0.15) is 0 Å². The Hall–Kier alpha value is -1.63. The summed E-state index contributed by atoms with van der Waals surface area (Å²) >= 11 is 0. The molecular weight excluding hydrogens is 307 g/mol. The van der Waals surface area contributed by atoms with Gasteiger partial charge in [-0.05, 0) is 50.5 Å². The summed E-state index contributed by atoms with van der Waals surface area (Å²) in [5.74, 6) is -0.0308. The van der Waals surface area contributed by atoms with Crippen LogP contribution in [-0.4, -0.2) is 87.4 Å². The molecule has 2 rings (SSSR count). The predicted molar refractivity (Wildman–Crippen MR) is 95.5 cm³/mol. The summed E-state index contributed by atoms with van der Waals surface area (Å²) in [5.41, 5.74) is 1.96. The lowest BCUT2D eigenvalue weighted by molar-refractivity contribution is -0.528. The van der Waals surface area contributed by atoms with Gasteiger partial charge in [0.15, 0.2) is 12.8 Å². The van der Waals surface area contributed by atoms with Crippen LogP contribution in [0.2, 0.25) is 0 Å². The van der Waals surface area contributed by atoms with E-state index in [1.807, 2.05) is 4.68 Å². The van der Waals surface area contributed by atoms with Gasteiger partial charge in [0.2, 0.25) is 0 Å². The molecular formula is C18H28FN4O+. The second-order valence-electron chi connectivity index (χ2n) is 6.47. The number of hydrogen-bond donors (Lipinski definition) is 0. The van der Waals surface area contributed by atoms with Gasteiger partial charge in [0, 0.05) is 32.3 Å². The van der Waals surface area contributed by atoms with E-state index in [1.54, 1.807) is 19.2 Å². The third kappa shape index (κ3) is 5.47. The zero-order valence-corrected chi connectivity index (χ0v) is 15.1. The van der Waals surface area contributed by atoms with Crippen LogP contribution in [0, 0.1) is 11.7 Å². The topological polar surface area (TPSA) is 31.1 Å². The van der Waals surface area contributed by atoms with Gasteiger partial charge in [-0.15, -0.1) is 0 Å². The van der Waals surface area contributed by atoms with E-state index in [2.05, 4.69) is 37.2 Å². The Kier molecular flexibility index (Phi) is 7.02. The van der Waals surface area contributed by atoms with Crippen LogP contribution in [0.3, 0.4) is 0 Å². The van der Waals surface area contributed by atoms with E-state index in [1.165, 1.54) is 12.1 Å². The molecule has 1 aliphatic rings. The third-order valence-electron chi connectivity index (χ3n) is 4.04. The summed E-state index contributed by atoms with van der Waals surface area (Å²) in [7, 11) is 7.96. The minimum absolute atomic E-state index is 0.194. The molecule has 0 spiro atoms. The van der Waals surface area contributed by atoms with E-state index in [0.29, 0.717) is 6.61 Å². The minimum Gasteiger partial charge on any atom is -0.378 e. The van der Waals surface area contributed by atoms with Crippen molar-refractivity contribution in [1.29, 1.82) is 0 Å². The molecule has 0 bridgehead atoms. The quantitative estimate of drug-likeness (QED) is 0.639. The van der Waals surface area contributed by atoms with Gasteiger partial charge in [0.05, 0.1) is 0 Å². The van der Waals surface area contributed by atoms with Crippen LogP contribution >= 0.6 is 0 Å². The van der Waals surface area contributed by atoms with Gasteiger partial charge in [-0.25, -0.2) is 4.39 Å². The molecule has 1 atom stereocenters. The fourth-order valence-corrected chi connectivity index (χ4v) is 2.66. The molecule has 0 aliphatic carbocycles. The maximum absolute atomic E-state index is 13.2. The van der Waals surface area contributed by atoms with Gasteiger partial charge >= 0.3 is 0 Å². The molecule has 24 heavy (non-hydrogen) atoms. The zero-order chi connectivity index (χ0) is 17.5. The molecule has 0 fully saturated rings. The average Bonchev–Trinajstić information content (AvgIpc) is 2.94. The van der Waals surface area contributed by atoms with Gasteiger partial charge in [-0.1, -0.05) is 4.68 Å². The predicted octanol–water partition coefficient (Wildman–Crippen LogP) is 1.38. The fraction of sp³-hybridized carbons (Fsp3) is 0.556. The Morgan fingerprint density at radius 3 is 2.50 bits per heavy atom. The smallest absolute Gasteiger partial charge is 0.197 e. The van der Waals surface area contributed by atoms with Crippen LogP contribution in [0.4, 0.5) is 4.39 Å². The summed E-state index contributed by atoms with van der Waals surface area (Å²) in [6.07, 6.45) is 2.14. The maximum atomic E-state index is 13.2. The molecule has 0 saturated carbocycles. The number of rotatable bonds is 9. The maximum Gasteiger partial charge on any atom is 0.197 e. The Morgan fingerprint density at radius 2 is 1.88 bits per heavy atom. The van der Waals surface area contributed by atoms with Gasteiger partial charge in [0.25, 0.3) is 0 Å². The first-order chi connectivity index (χ1) is 11.5. The van der Waals surface area contributed by atoms with E-state index in [4.69, 9.17) is 9.84 Å².